The molecule has 0 aromatic carbocycles. The van der Waals surface area contributed by atoms with Crippen molar-refractivity contribution in [3.05, 3.63) is 0 Å². The van der Waals surface area contributed by atoms with E-state index in [0.717, 1.165) is 32.3 Å². The number of nitrogens with one attached hydrogen (secondary N) is 1. The van der Waals surface area contributed by atoms with E-state index < -0.39 is 0 Å². The maximum atomic E-state index is 12.7. The number of carbonyl (C=O) groups is 1. The first-order valence-corrected chi connectivity index (χ1v) is 7.68. The lowest BCUT2D eigenvalue weighted by atomic mass is 9.63. The van der Waals surface area contributed by atoms with Crippen molar-refractivity contribution in [2.75, 3.05) is 6.61 Å². The van der Waals surface area contributed by atoms with E-state index in [-0.39, 0.29) is 17.1 Å². The SMILES string of the molecule is CCOC1CC(N2C(=O)C3(CC3)NC2CC)C1(C)C. The van der Waals surface area contributed by atoms with Gasteiger partial charge in [0.25, 0.3) is 0 Å². The van der Waals surface area contributed by atoms with Gasteiger partial charge in [-0.05, 0) is 32.6 Å². The molecule has 3 rings (SSSR count). The van der Waals surface area contributed by atoms with E-state index in [1.807, 2.05) is 6.92 Å². The van der Waals surface area contributed by atoms with Crippen LogP contribution >= 0.6 is 0 Å². The molecule has 4 nitrogen and oxygen atoms in total. The largest absolute Gasteiger partial charge is 0.378 e. The molecule has 1 aliphatic heterocycles. The van der Waals surface area contributed by atoms with Crippen LogP contribution in [-0.2, 0) is 9.53 Å². The van der Waals surface area contributed by atoms with Crippen molar-refractivity contribution in [3.63, 3.8) is 0 Å². The van der Waals surface area contributed by atoms with Gasteiger partial charge in [0.15, 0.2) is 0 Å². The Balaban J connectivity index is 1.77. The second-order valence-electron chi connectivity index (χ2n) is 6.88. The lowest BCUT2D eigenvalue weighted by Gasteiger charge is -2.55. The topological polar surface area (TPSA) is 41.6 Å². The predicted octanol–water partition coefficient (Wildman–Crippen LogP) is 1.89. The van der Waals surface area contributed by atoms with Crippen LogP contribution in [0.2, 0.25) is 0 Å². The Kier molecular flexibility index (Phi) is 2.95. The first-order valence-electron chi connectivity index (χ1n) is 7.68. The molecule has 0 aromatic heterocycles. The highest BCUT2D eigenvalue weighted by atomic mass is 16.5. The van der Waals surface area contributed by atoms with Crippen LogP contribution in [0.1, 0.15) is 53.4 Å². The molecule has 0 radical (unpaired) electrons. The molecule has 3 atom stereocenters. The van der Waals surface area contributed by atoms with E-state index in [4.69, 9.17) is 4.74 Å². The Labute approximate surface area is 115 Å². The summed E-state index contributed by atoms with van der Waals surface area (Å²) in [4.78, 5) is 14.8. The van der Waals surface area contributed by atoms with Gasteiger partial charge in [0.2, 0.25) is 5.91 Å². The smallest absolute Gasteiger partial charge is 0.244 e. The number of hydrogen-bond acceptors (Lipinski definition) is 3. The highest BCUT2D eigenvalue weighted by molar-refractivity contribution is 5.92. The molecule has 2 saturated carbocycles. The summed E-state index contributed by atoms with van der Waals surface area (Å²) in [6.45, 7) is 9.43. The zero-order valence-electron chi connectivity index (χ0n) is 12.5. The molecule has 3 fully saturated rings. The van der Waals surface area contributed by atoms with Crippen molar-refractivity contribution in [2.24, 2.45) is 5.41 Å². The van der Waals surface area contributed by atoms with Crippen LogP contribution in [0.5, 0.6) is 0 Å². The minimum absolute atomic E-state index is 0.0706. The van der Waals surface area contributed by atoms with E-state index in [2.05, 4.69) is 31.0 Å². The van der Waals surface area contributed by atoms with Crippen LogP contribution in [0.3, 0.4) is 0 Å². The summed E-state index contributed by atoms with van der Waals surface area (Å²) in [6, 6.07) is 0.328. The quantitative estimate of drug-likeness (QED) is 0.845. The van der Waals surface area contributed by atoms with Gasteiger partial charge in [-0.3, -0.25) is 10.1 Å². The van der Waals surface area contributed by atoms with Gasteiger partial charge < -0.3 is 9.64 Å². The van der Waals surface area contributed by atoms with Crippen molar-refractivity contribution in [2.45, 2.75) is 77.2 Å². The Bertz CT molecular complexity index is 390. The fourth-order valence-corrected chi connectivity index (χ4v) is 3.80. The molecule has 0 aromatic rings. The average Bonchev–Trinajstić information content (AvgIpc) is 3.10. The third-order valence-corrected chi connectivity index (χ3v) is 5.39. The van der Waals surface area contributed by atoms with Gasteiger partial charge in [-0.15, -0.1) is 0 Å². The summed E-state index contributed by atoms with van der Waals surface area (Å²) in [5.74, 6) is 0.340. The molecule has 1 saturated heterocycles. The van der Waals surface area contributed by atoms with Crippen LogP contribution in [0.4, 0.5) is 0 Å². The first kappa shape index (κ1) is 13.4. The number of hydrogen-bond donors (Lipinski definition) is 1. The number of rotatable bonds is 4. The lowest BCUT2D eigenvalue weighted by Crippen LogP contribution is -2.64. The Morgan fingerprint density at radius 1 is 1.37 bits per heavy atom. The highest BCUT2D eigenvalue weighted by Gasteiger charge is 2.64. The number of carbonyl (C=O) groups excluding carboxylic acids is 1. The lowest BCUT2D eigenvalue weighted by molar-refractivity contribution is -0.168. The standard InChI is InChI=1S/C15H26N2O2/c1-5-12-16-15(7-8-15)13(18)17(12)10-9-11(19-6-2)14(10,3)4/h10-12,16H,5-9H2,1-4H3. The number of amides is 1. The van der Waals surface area contributed by atoms with Gasteiger partial charge in [-0.1, -0.05) is 20.8 Å². The van der Waals surface area contributed by atoms with E-state index in [9.17, 15) is 4.79 Å². The second kappa shape index (κ2) is 4.19. The van der Waals surface area contributed by atoms with Gasteiger partial charge in [-0.2, -0.15) is 0 Å². The Morgan fingerprint density at radius 2 is 2.05 bits per heavy atom. The molecule has 1 N–H and O–H groups in total. The molecular weight excluding hydrogens is 240 g/mol. The third-order valence-electron chi connectivity index (χ3n) is 5.39. The van der Waals surface area contributed by atoms with Crippen LogP contribution in [0.25, 0.3) is 0 Å². The van der Waals surface area contributed by atoms with Gasteiger partial charge in [-0.25, -0.2) is 0 Å². The number of ether oxygens (including phenoxy) is 1. The summed E-state index contributed by atoms with van der Waals surface area (Å²) in [5.41, 5.74) is -0.116. The summed E-state index contributed by atoms with van der Waals surface area (Å²) >= 11 is 0. The minimum atomic E-state index is -0.187. The van der Waals surface area contributed by atoms with E-state index >= 15 is 0 Å². The molecular formula is C15H26N2O2. The van der Waals surface area contributed by atoms with Crippen molar-refractivity contribution < 1.29 is 9.53 Å². The third kappa shape index (κ3) is 1.76. The van der Waals surface area contributed by atoms with Crippen molar-refractivity contribution in [1.82, 2.24) is 10.2 Å². The second-order valence-corrected chi connectivity index (χ2v) is 6.88. The summed E-state index contributed by atoms with van der Waals surface area (Å²) in [5, 5.41) is 3.56. The van der Waals surface area contributed by atoms with Gasteiger partial charge in [0, 0.05) is 18.1 Å². The van der Waals surface area contributed by atoms with Crippen LogP contribution in [0, 0.1) is 5.41 Å². The Morgan fingerprint density at radius 3 is 2.53 bits per heavy atom. The average molecular weight is 266 g/mol. The van der Waals surface area contributed by atoms with Crippen molar-refractivity contribution in [3.8, 4) is 0 Å². The van der Waals surface area contributed by atoms with Crippen LogP contribution < -0.4 is 5.32 Å². The molecule has 3 unspecified atom stereocenters. The van der Waals surface area contributed by atoms with Gasteiger partial charge >= 0.3 is 0 Å². The molecule has 0 bridgehead atoms. The van der Waals surface area contributed by atoms with E-state index in [0.29, 0.717) is 18.1 Å². The maximum absolute atomic E-state index is 12.7. The molecule has 1 spiro atoms. The predicted molar refractivity (Wildman–Crippen MR) is 73.6 cm³/mol. The summed E-state index contributed by atoms with van der Waals surface area (Å²) in [6.07, 6.45) is 4.52. The molecule has 1 heterocycles. The fraction of sp³-hybridized carbons (Fsp3) is 0.933. The molecule has 1 amide bonds. The first-order chi connectivity index (χ1) is 8.96. The number of nitrogens with zero attached hydrogens (tertiary/aromatic N) is 1. The molecule has 19 heavy (non-hydrogen) atoms. The fourth-order valence-electron chi connectivity index (χ4n) is 3.80. The van der Waals surface area contributed by atoms with Crippen LogP contribution in [0.15, 0.2) is 0 Å². The summed E-state index contributed by atoms with van der Waals surface area (Å²) < 4.78 is 5.80. The van der Waals surface area contributed by atoms with E-state index in [1.165, 1.54) is 0 Å². The summed E-state index contributed by atoms with van der Waals surface area (Å²) in [7, 11) is 0. The maximum Gasteiger partial charge on any atom is 0.244 e. The molecule has 108 valence electrons. The molecule has 2 aliphatic carbocycles. The minimum Gasteiger partial charge on any atom is -0.378 e. The van der Waals surface area contributed by atoms with Gasteiger partial charge in [0.1, 0.15) is 0 Å². The Hall–Kier alpha value is -0.610. The zero-order valence-corrected chi connectivity index (χ0v) is 12.5. The molecule has 4 heteroatoms. The zero-order chi connectivity index (χ0) is 13.8. The van der Waals surface area contributed by atoms with Crippen molar-refractivity contribution >= 4 is 5.91 Å². The molecule has 3 aliphatic rings. The van der Waals surface area contributed by atoms with Gasteiger partial charge in [0.05, 0.1) is 17.8 Å². The highest BCUT2D eigenvalue weighted by Crippen LogP contribution is 2.51. The van der Waals surface area contributed by atoms with Crippen LogP contribution in [-0.4, -0.2) is 41.3 Å². The van der Waals surface area contributed by atoms with Crippen molar-refractivity contribution in [1.29, 1.82) is 0 Å². The monoisotopic (exact) mass is 266 g/mol. The van der Waals surface area contributed by atoms with E-state index in [1.54, 1.807) is 0 Å². The normalized spacial score (nSPS) is 38.6.